The first-order valence-corrected chi connectivity index (χ1v) is 8.46. The molecule has 0 saturated carbocycles. The van der Waals surface area contributed by atoms with E-state index >= 15 is 0 Å². The van der Waals surface area contributed by atoms with Crippen LogP contribution in [0.5, 0.6) is 0 Å². The third kappa shape index (κ3) is 3.86. The lowest BCUT2D eigenvalue weighted by atomic mass is 9.80. The summed E-state index contributed by atoms with van der Waals surface area (Å²) in [5, 5.41) is 0. The van der Waals surface area contributed by atoms with Crippen LogP contribution in [0.1, 0.15) is 25.3 Å². The van der Waals surface area contributed by atoms with Crippen molar-refractivity contribution in [3.8, 4) is 0 Å². The molecule has 0 aromatic heterocycles. The molecule has 1 aromatic rings. The molecule has 1 aromatic carbocycles. The highest BCUT2D eigenvalue weighted by molar-refractivity contribution is 5.16. The van der Waals surface area contributed by atoms with E-state index in [1.807, 2.05) is 12.1 Å². The fourth-order valence-electron chi connectivity index (χ4n) is 3.89. The van der Waals surface area contributed by atoms with Crippen molar-refractivity contribution >= 4 is 0 Å². The maximum absolute atomic E-state index is 13.0. The monoisotopic (exact) mass is 306 g/mol. The molecule has 122 valence electrons. The molecule has 4 heteroatoms. The molecule has 3 rings (SSSR count). The van der Waals surface area contributed by atoms with Crippen molar-refractivity contribution in [2.45, 2.75) is 26.3 Å². The van der Waals surface area contributed by atoms with E-state index in [2.05, 4.69) is 16.7 Å². The van der Waals surface area contributed by atoms with Gasteiger partial charge in [0.25, 0.3) is 0 Å². The molecule has 0 N–H and O–H groups in total. The normalized spacial score (nSPS) is 27.9. The molecule has 0 radical (unpaired) electrons. The SMILES string of the molecule is CCN1CCOCC2(CCCN(Cc3ccc(F)cc3)C2)C1. The predicted octanol–water partition coefficient (Wildman–Crippen LogP) is 2.76. The van der Waals surface area contributed by atoms with Gasteiger partial charge in [-0.1, -0.05) is 19.1 Å². The van der Waals surface area contributed by atoms with E-state index in [-0.39, 0.29) is 11.2 Å². The first-order chi connectivity index (χ1) is 10.7. The van der Waals surface area contributed by atoms with E-state index in [1.165, 1.54) is 18.4 Å². The van der Waals surface area contributed by atoms with Crippen molar-refractivity contribution < 1.29 is 9.13 Å². The van der Waals surface area contributed by atoms with Crippen LogP contribution in [0.3, 0.4) is 0 Å². The first-order valence-electron chi connectivity index (χ1n) is 8.46. The maximum atomic E-state index is 13.0. The van der Waals surface area contributed by atoms with E-state index < -0.39 is 0 Å². The fraction of sp³-hybridized carbons (Fsp3) is 0.667. The van der Waals surface area contributed by atoms with Gasteiger partial charge in [0, 0.05) is 31.6 Å². The number of likely N-dealkylation sites (N-methyl/N-ethyl adjacent to an activating group) is 1. The topological polar surface area (TPSA) is 15.7 Å². The van der Waals surface area contributed by atoms with Gasteiger partial charge in [0.1, 0.15) is 5.82 Å². The van der Waals surface area contributed by atoms with Crippen LogP contribution in [0.15, 0.2) is 24.3 Å². The molecule has 3 nitrogen and oxygen atoms in total. The molecule has 2 aliphatic rings. The molecule has 0 amide bonds. The number of benzene rings is 1. The summed E-state index contributed by atoms with van der Waals surface area (Å²) < 4.78 is 19.0. The molecule has 1 spiro atoms. The number of hydrogen-bond acceptors (Lipinski definition) is 3. The summed E-state index contributed by atoms with van der Waals surface area (Å²) in [6, 6.07) is 6.92. The first kappa shape index (κ1) is 15.9. The van der Waals surface area contributed by atoms with Crippen molar-refractivity contribution in [3.05, 3.63) is 35.6 Å². The molecule has 1 atom stereocenters. The molecule has 2 saturated heterocycles. The Kier molecular flexibility index (Phi) is 5.11. The van der Waals surface area contributed by atoms with Crippen LogP contribution in [0, 0.1) is 11.2 Å². The van der Waals surface area contributed by atoms with E-state index in [0.717, 1.165) is 52.5 Å². The molecular weight excluding hydrogens is 279 g/mol. The lowest BCUT2D eigenvalue weighted by Gasteiger charge is -2.43. The second-order valence-corrected chi connectivity index (χ2v) is 6.86. The van der Waals surface area contributed by atoms with Crippen molar-refractivity contribution in [1.82, 2.24) is 9.80 Å². The quantitative estimate of drug-likeness (QED) is 0.854. The molecule has 2 aliphatic heterocycles. The van der Waals surface area contributed by atoms with Gasteiger partial charge < -0.3 is 9.64 Å². The van der Waals surface area contributed by atoms with Crippen molar-refractivity contribution in [3.63, 3.8) is 0 Å². The van der Waals surface area contributed by atoms with Gasteiger partial charge in [0.05, 0.1) is 13.2 Å². The van der Waals surface area contributed by atoms with Gasteiger partial charge in [-0.25, -0.2) is 4.39 Å². The minimum atomic E-state index is -0.158. The lowest BCUT2D eigenvalue weighted by molar-refractivity contribution is 0.00333. The van der Waals surface area contributed by atoms with Gasteiger partial charge in [-0.05, 0) is 43.6 Å². The Bertz CT molecular complexity index is 478. The smallest absolute Gasteiger partial charge is 0.123 e. The van der Waals surface area contributed by atoms with Crippen LogP contribution in [0.25, 0.3) is 0 Å². The Labute approximate surface area is 133 Å². The number of nitrogens with zero attached hydrogens (tertiary/aromatic N) is 2. The minimum absolute atomic E-state index is 0.158. The number of rotatable bonds is 3. The van der Waals surface area contributed by atoms with E-state index in [0.29, 0.717) is 0 Å². The van der Waals surface area contributed by atoms with Gasteiger partial charge >= 0.3 is 0 Å². The Morgan fingerprint density at radius 2 is 1.91 bits per heavy atom. The highest BCUT2D eigenvalue weighted by atomic mass is 19.1. The molecule has 2 heterocycles. The van der Waals surface area contributed by atoms with Crippen LogP contribution >= 0.6 is 0 Å². The highest BCUT2D eigenvalue weighted by Gasteiger charge is 2.38. The van der Waals surface area contributed by atoms with Crippen molar-refractivity contribution in [1.29, 1.82) is 0 Å². The average molecular weight is 306 g/mol. The second kappa shape index (κ2) is 7.07. The minimum Gasteiger partial charge on any atom is -0.379 e. The standard InChI is InChI=1S/C18H27FN2O/c1-2-20-10-11-22-15-18(13-20)8-3-9-21(14-18)12-16-4-6-17(19)7-5-16/h4-7H,2-3,8-15H2,1H3. The van der Waals surface area contributed by atoms with Crippen molar-refractivity contribution in [2.75, 3.05) is 45.9 Å². The van der Waals surface area contributed by atoms with E-state index in [9.17, 15) is 4.39 Å². The van der Waals surface area contributed by atoms with E-state index in [4.69, 9.17) is 4.74 Å². The zero-order valence-corrected chi connectivity index (χ0v) is 13.6. The zero-order valence-electron chi connectivity index (χ0n) is 13.6. The van der Waals surface area contributed by atoms with Crippen LogP contribution in [0.4, 0.5) is 4.39 Å². The highest BCUT2D eigenvalue weighted by Crippen LogP contribution is 2.33. The zero-order chi connectivity index (χ0) is 15.4. The third-order valence-corrected chi connectivity index (χ3v) is 5.03. The van der Waals surface area contributed by atoms with Crippen molar-refractivity contribution in [2.24, 2.45) is 5.41 Å². The average Bonchev–Trinajstić information content (AvgIpc) is 2.72. The summed E-state index contributed by atoms with van der Waals surface area (Å²) >= 11 is 0. The number of likely N-dealkylation sites (tertiary alicyclic amines) is 1. The molecule has 2 fully saturated rings. The second-order valence-electron chi connectivity index (χ2n) is 6.86. The molecule has 22 heavy (non-hydrogen) atoms. The predicted molar refractivity (Wildman–Crippen MR) is 86.3 cm³/mol. The largest absolute Gasteiger partial charge is 0.379 e. The van der Waals surface area contributed by atoms with E-state index in [1.54, 1.807) is 12.1 Å². The molecule has 1 unspecified atom stereocenters. The van der Waals surface area contributed by atoms with Crippen LogP contribution < -0.4 is 0 Å². The Morgan fingerprint density at radius 1 is 1.14 bits per heavy atom. The molecule has 0 aliphatic carbocycles. The summed E-state index contributed by atoms with van der Waals surface area (Å²) in [7, 11) is 0. The summed E-state index contributed by atoms with van der Waals surface area (Å²) in [5.74, 6) is -0.158. The Hall–Kier alpha value is -0.970. The number of ether oxygens (including phenoxy) is 1. The van der Waals surface area contributed by atoms with Gasteiger partial charge in [-0.3, -0.25) is 4.90 Å². The van der Waals surface area contributed by atoms with Crippen LogP contribution in [-0.4, -0.2) is 55.7 Å². The van der Waals surface area contributed by atoms with Crippen LogP contribution in [-0.2, 0) is 11.3 Å². The van der Waals surface area contributed by atoms with Gasteiger partial charge in [-0.2, -0.15) is 0 Å². The number of piperidine rings is 1. The maximum Gasteiger partial charge on any atom is 0.123 e. The molecule has 0 bridgehead atoms. The van der Waals surface area contributed by atoms with Gasteiger partial charge in [0.15, 0.2) is 0 Å². The lowest BCUT2D eigenvalue weighted by Crippen LogP contribution is -2.50. The summed E-state index contributed by atoms with van der Waals surface area (Å²) in [6.07, 6.45) is 2.48. The van der Waals surface area contributed by atoms with Gasteiger partial charge in [-0.15, -0.1) is 0 Å². The third-order valence-electron chi connectivity index (χ3n) is 5.03. The Balaban J connectivity index is 1.66. The number of hydrogen-bond donors (Lipinski definition) is 0. The fourth-order valence-corrected chi connectivity index (χ4v) is 3.89. The number of halogens is 1. The van der Waals surface area contributed by atoms with Gasteiger partial charge in [0.2, 0.25) is 0 Å². The van der Waals surface area contributed by atoms with Crippen LogP contribution in [0.2, 0.25) is 0 Å². The summed E-state index contributed by atoms with van der Waals surface area (Å²) in [5.41, 5.74) is 1.46. The molecular formula is C18H27FN2O. The summed E-state index contributed by atoms with van der Waals surface area (Å²) in [6.45, 7) is 10.4. The summed E-state index contributed by atoms with van der Waals surface area (Å²) in [4.78, 5) is 5.04. The Morgan fingerprint density at radius 3 is 2.68 bits per heavy atom.